The van der Waals surface area contributed by atoms with Crippen molar-refractivity contribution in [1.82, 2.24) is 15.8 Å². The zero-order chi connectivity index (χ0) is 11.5. The lowest BCUT2D eigenvalue weighted by Gasteiger charge is -2.12. The summed E-state index contributed by atoms with van der Waals surface area (Å²) < 4.78 is 37.5. The second-order valence-electron chi connectivity index (χ2n) is 2.85. The number of anilines is 1. The van der Waals surface area contributed by atoms with Gasteiger partial charge in [0.25, 0.3) is 0 Å². The molecule has 84 valence electrons. The fourth-order valence-electron chi connectivity index (χ4n) is 1.07. The van der Waals surface area contributed by atoms with Crippen molar-refractivity contribution in [2.45, 2.75) is 12.7 Å². The number of alkyl halides is 3. The van der Waals surface area contributed by atoms with Crippen LogP contribution in [0.5, 0.6) is 0 Å². The van der Waals surface area contributed by atoms with Gasteiger partial charge in [-0.25, -0.2) is 4.98 Å². The van der Waals surface area contributed by atoms with Gasteiger partial charge in [0, 0.05) is 6.54 Å². The number of nitrogens with zero attached hydrogens (tertiary/aromatic N) is 1. The summed E-state index contributed by atoms with van der Waals surface area (Å²) in [7, 11) is 1.57. The quantitative estimate of drug-likeness (QED) is 0.662. The summed E-state index contributed by atoms with van der Waals surface area (Å²) in [5, 5.41) is 0. The van der Waals surface area contributed by atoms with Crippen LogP contribution in [0.2, 0.25) is 0 Å². The molecule has 0 fully saturated rings. The average Bonchev–Trinajstić information content (AvgIpc) is 2.14. The molecule has 1 rings (SSSR count). The number of hydrogen-bond acceptors (Lipinski definition) is 4. The molecule has 1 heterocycles. The molecule has 0 aliphatic heterocycles. The van der Waals surface area contributed by atoms with E-state index < -0.39 is 11.9 Å². The molecule has 0 saturated carbocycles. The van der Waals surface area contributed by atoms with Crippen LogP contribution in [0.1, 0.15) is 11.3 Å². The number of nitrogens with one attached hydrogen (secondary N) is 2. The Labute approximate surface area is 84.7 Å². The molecule has 0 saturated heterocycles. The Kier molecular flexibility index (Phi) is 3.48. The van der Waals surface area contributed by atoms with Crippen molar-refractivity contribution < 1.29 is 13.2 Å². The third kappa shape index (κ3) is 3.07. The van der Waals surface area contributed by atoms with E-state index in [4.69, 9.17) is 5.73 Å². The molecule has 7 heteroatoms. The summed E-state index contributed by atoms with van der Waals surface area (Å²) in [6, 6.07) is 2.64. The Morgan fingerprint density at radius 3 is 2.60 bits per heavy atom. The smallest absolute Gasteiger partial charge is 0.384 e. The first-order valence-corrected chi connectivity index (χ1v) is 4.17. The van der Waals surface area contributed by atoms with E-state index in [1.165, 1.54) is 12.1 Å². The van der Waals surface area contributed by atoms with Crippen LogP contribution in [0.4, 0.5) is 19.0 Å². The Morgan fingerprint density at radius 2 is 2.07 bits per heavy atom. The van der Waals surface area contributed by atoms with Crippen LogP contribution in [0.3, 0.4) is 0 Å². The van der Waals surface area contributed by atoms with Gasteiger partial charge in [-0.2, -0.15) is 13.2 Å². The van der Waals surface area contributed by atoms with Crippen LogP contribution in [-0.4, -0.2) is 12.0 Å². The molecule has 1 aromatic heterocycles. The Bertz CT molecular complexity index is 337. The van der Waals surface area contributed by atoms with Gasteiger partial charge in [-0.05, 0) is 18.7 Å². The number of aromatic nitrogens is 1. The molecule has 0 spiro atoms. The van der Waals surface area contributed by atoms with Crippen LogP contribution in [0, 0.1) is 0 Å². The Hall–Kier alpha value is -1.34. The summed E-state index contributed by atoms with van der Waals surface area (Å²) in [4.78, 5) is 3.28. The van der Waals surface area contributed by atoms with E-state index in [1.807, 2.05) is 0 Å². The molecular weight excluding hydrogens is 209 g/mol. The number of nitrogens with two attached hydrogens (primary N) is 1. The average molecular weight is 220 g/mol. The van der Waals surface area contributed by atoms with E-state index in [0.717, 1.165) is 0 Å². The highest BCUT2D eigenvalue weighted by Crippen LogP contribution is 2.30. The summed E-state index contributed by atoms with van der Waals surface area (Å²) in [6.45, 7) is 0.0264. The molecule has 0 bridgehead atoms. The summed E-state index contributed by atoms with van der Waals surface area (Å²) in [5.74, 6) is -0.143. The second kappa shape index (κ2) is 4.45. The molecule has 15 heavy (non-hydrogen) atoms. The first-order valence-electron chi connectivity index (χ1n) is 4.17. The van der Waals surface area contributed by atoms with Crippen molar-refractivity contribution >= 4 is 5.82 Å². The van der Waals surface area contributed by atoms with E-state index in [2.05, 4.69) is 15.8 Å². The van der Waals surface area contributed by atoms with Crippen LogP contribution in [0.25, 0.3) is 0 Å². The third-order valence-corrected chi connectivity index (χ3v) is 1.72. The number of pyridine rings is 1. The normalized spacial score (nSPS) is 11.7. The third-order valence-electron chi connectivity index (χ3n) is 1.72. The highest BCUT2D eigenvalue weighted by molar-refractivity contribution is 5.35. The van der Waals surface area contributed by atoms with Gasteiger partial charge in [0.05, 0.1) is 0 Å². The van der Waals surface area contributed by atoms with Gasteiger partial charge in [-0.3, -0.25) is 10.9 Å². The van der Waals surface area contributed by atoms with Crippen LogP contribution < -0.4 is 16.6 Å². The van der Waals surface area contributed by atoms with E-state index in [-0.39, 0.29) is 17.9 Å². The van der Waals surface area contributed by atoms with Gasteiger partial charge >= 0.3 is 6.18 Å². The van der Waals surface area contributed by atoms with Crippen molar-refractivity contribution in [3.05, 3.63) is 23.4 Å². The minimum absolute atomic E-state index is 0.0264. The van der Waals surface area contributed by atoms with E-state index in [0.29, 0.717) is 0 Å². The van der Waals surface area contributed by atoms with Crippen LogP contribution in [-0.2, 0) is 12.7 Å². The van der Waals surface area contributed by atoms with Gasteiger partial charge in [-0.1, -0.05) is 6.07 Å². The molecular formula is C8H11F3N4. The lowest BCUT2D eigenvalue weighted by atomic mass is 10.2. The van der Waals surface area contributed by atoms with Crippen molar-refractivity contribution in [2.24, 2.45) is 0 Å². The Balaban J connectivity index is 3.04. The maximum absolute atomic E-state index is 12.5. The highest BCUT2D eigenvalue weighted by Gasteiger charge is 2.35. The summed E-state index contributed by atoms with van der Waals surface area (Å²) in [6.07, 6.45) is -4.49. The predicted molar refractivity (Wildman–Crippen MR) is 49.6 cm³/mol. The van der Waals surface area contributed by atoms with E-state index >= 15 is 0 Å². The van der Waals surface area contributed by atoms with Crippen LogP contribution in [0.15, 0.2) is 12.1 Å². The number of nitrogen functional groups attached to an aromatic ring is 1. The minimum atomic E-state index is -4.49. The molecule has 0 amide bonds. The molecule has 0 unspecified atom stereocenters. The van der Waals surface area contributed by atoms with Crippen molar-refractivity contribution in [3.63, 3.8) is 0 Å². The first-order chi connectivity index (χ1) is 6.95. The van der Waals surface area contributed by atoms with Gasteiger partial charge in [-0.15, -0.1) is 0 Å². The highest BCUT2D eigenvalue weighted by atomic mass is 19.4. The van der Waals surface area contributed by atoms with Crippen LogP contribution >= 0.6 is 0 Å². The minimum Gasteiger partial charge on any atom is -0.384 e. The topological polar surface area (TPSA) is 63.0 Å². The fourth-order valence-corrected chi connectivity index (χ4v) is 1.07. The van der Waals surface area contributed by atoms with Gasteiger partial charge < -0.3 is 5.73 Å². The summed E-state index contributed by atoms with van der Waals surface area (Å²) in [5.41, 5.74) is 9.40. The SMILES string of the molecule is CNNCc1ccc(N)nc1C(F)(F)F. The van der Waals surface area contributed by atoms with Gasteiger partial charge in [0.1, 0.15) is 5.82 Å². The molecule has 0 atom stereocenters. The molecule has 0 aliphatic carbocycles. The van der Waals surface area contributed by atoms with Crippen molar-refractivity contribution in [1.29, 1.82) is 0 Å². The molecule has 0 radical (unpaired) electrons. The molecule has 4 N–H and O–H groups in total. The number of rotatable bonds is 3. The first kappa shape index (κ1) is 11.7. The summed E-state index contributed by atoms with van der Waals surface area (Å²) >= 11 is 0. The zero-order valence-corrected chi connectivity index (χ0v) is 8.02. The predicted octanol–water partition coefficient (Wildman–Crippen LogP) is 0.907. The lowest BCUT2D eigenvalue weighted by Crippen LogP contribution is -2.28. The van der Waals surface area contributed by atoms with Crippen molar-refractivity contribution in [2.75, 3.05) is 12.8 Å². The monoisotopic (exact) mass is 220 g/mol. The number of halogens is 3. The number of hydrazine groups is 1. The lowest BCUT2D eigenvalue weighted by molar-refractivity contribution is -0.141. The van der Waals surface area contributed by atoms with Gasteiger partial charge in [0.15, 0.2) is 5.69 Å². The van der Waals surface area contributed by atoms with Gasteiger partial charge in [0.2, 0.25) is 0 Å². The molecule has 4 nitrogen and oxygen atoms in total. The molecule has 1 aromatic rings. The maximum Gasteiger partial charge on any atom is 0.433 e. The zero-order valence-electron chi connectivity index (χ0n) is 8.02. The molecule has 0 aromatic carbocycles. The fraction of sp³-hybridized carbons (Fsp3) is 0.375. The van der Waals surface area contributed by atoms with Crippen molar-refractivity contribution in [3.8, 4) is 0 Å². The number of hydrogen-bond donors (Lipinski definition) is 3. The van der Waals surface area contributed by atoms with E-state index in [1.54, 1.807) is 7.05 Å². The maximum atomic E-state index is 12.5. The Morgan fingerprint density at radius 1 is 1.40 bits per heavy atom. The second-order valence-corrected chi connectivity index (χ2v) is 2.85. The largest absolute Gasteiger partial charge is 0.433 e. The standard InChI is InChI=1S/C8H11F3N4/c1-13-14-4-5-2-3-6(12)15-7(5)8(9,10)11/h2-3,13-14H,4H2,1H3,(H2,12,15). The molecule has 0 aliphatic rings. The van der Waals surface area contributed by atoms with E-state index in [9.17, 15) is 13.2 Å².